The highest BCUT2D eigenvalue weighted by molar-refractivity contribution is 5.44. The Hall–Kier alpha value is -2.49. The highest BCUT2D eigenvalue weighted by Gasteiger charge is 2.30. The predicted molar refractivity (Wildman–Crippen MR) is 115 cm³/mol. The molecule has 29 heavy (non-hydrogen) atoms. The number of piperazine rings is 1. The van der Waals surface area contributed by atoms with Crippen LogP contribution in [-0.2, 0) is 19.4 Å². The predicted octanol–water partition coefficient (Wildman–Crippen LogP) is 4.83. The van der Waals surface area contributed by atoms with E-state index in [-0.39, 0.29) is 5.82 Å². The average molecular weight is 387 g/mol. The summed E-state index contributed by atoms with van der Waals surface area (Å²) in [6, 6.07) is 25.4. The molecule has 0 saturated carbocycles. The monoisotopic (exact) mass is 386 g/mol. The fraction of sp³-hybridized carbons (Fsp3) is 0.308. The van der Waals surface area contributed by atoms with Crippen molar-refractivity contribution in [2.75, 3.05) is 26.2 Å². The van der Waals surface area contributed by atoms with Gasteiger partial charge in [0.1, 0.15) is 5.82 Å². The van der Waals surface area contributed by atoms with Crippen molar-refractivity contribution >= 4 is 0 Å². The molecule has 0 amide bonds. The van der Waals surface area contributed by atoms with Crippen molar-refractivity contribution in [3.05, 3.63) is 106 Å². The third-order valence-corrected chi connectivity index (χ3v) is 6.49. The summed E-state index contributed by atoms with van der Waals surface area (Å²) in [5.74, 6) is -0.0958. The molecule has 0 N–H and O–H groups in total. The maximum absolute atomic E-state index is 14.1. The lowest BCUT2D eigenvalue weighted by atomic mass is 9.92. The third-order valence-electron chi connectivity index (χ3n) is 6.49. The molecule has 1 aliphatic heterocycles. The zero-order chi connectivity index (χ0) is 19.6. The highest BCUT2D eigenvalue weighted by Crippen LogP contribution is 2.37. The largest absolute Gasteiger partial charge is 0.296 e. The van der Waals surface area contributed by atoms with Crippen molar-refractivity contribution in [1.29, 1.82) is 0 Å². The molecule has 0 aromatic heterocycles. The van der Waals surface area contributed by atoms with Crippen LogP contribution in [0, 0.1) is 5.82 Å². The quantitative estimate of drug-likeness (QED) is 0.636. The van der Waals surface area contributed by atoms with E-state index >= 15 is 0 Å². The summed E-state index contributed by atoms with van der Waals surface area (Å²) in [7, 11) is 0. The maximum atomic E-state index is 14.1. The number of rotatable bonds is 3. The van der Waals surface area contributed by atoms with Crippen LogP contribution in [0.5, 0.6) is 0 Å². The Balaban J connectivity index is 1.38. The maximum Gasteiger partial charge on any atom is 0.127 e. The fourth-order valence-electron chi connectivity index (χ4n) is 4.93. The minimum absolute atomic E-state index is 0.0958. The summed E-state index contributed by atoms with van der Waals surface area (Å²) in [6.45, 7) is 4.63. The second-order valence-electron chi connectivity index (χ2n) is 8.20. The van der Waals surface area contributed by atoms with Gasteiger partial charge >= 0.3 is 0 Å². The minimum atomic E-state index is -0.0958. The first-order valence-electron chi connectivity index (χ1n) is 10.6. The first-order chi connectivity index (χ1) is 14.3. The topological polar surface area (TPSA) is 6.48 Å². The summed E-state index contributed by atoms with van der Waals surface area (Å²) in [5, 5.41) is 0. The summed E-state index contributed by atoms with van der Waals surface area (Å²) in [6.07, 6.45) is 2.22. The smallest absolute Gasteiger partial charge is 0.127 e. The van der Waals surface area contributed by atoms with Gasteiger partial charge in [-0.05, 0) is 41.2 Å². The molecule has 0 atom stereocenters. The van der Waals surface area contributed by atoms with Gasteiger partial charge in [0.15, 0.2) is 0 Å². The average Bonchev–Trinajstić information content (AvgIpc) is 2.93. The molecule has 2 nitrogen and oxygen atoms in total. The first-order valence-corrected chi connectivity index (χ1v) is 10.6. The highest BCUT2D eigenvalue weighted by atomic mass is 19.1. The summed E-state index contributed by atoms with van der Waals surface area (Å²) < 4.78 is 14.1. The van der Waals surface area contributed by atoms with Crippen LogP contribution in [0.3, 0.4) is 0 Å². The normalized spacial score (nSPS) is 18.1. The molecule has 5 rings (SSSR count). The minimum Gasteiger partial charge on any atom is -0.296 e. The standard InChI is InChI=1S/C26H27FN2/c27-25-12-6-3-9-22(25)19-28-15-17-29(18-16-28)26-23-10-4-1-7-20(23)13-14-21-8-2-5-11-24(21)26/h1-12,26H,13-19H2. The SMILES string of the molecule is Fc1ccccc1CN1CCN(C2c3ccccc3CCc3ccccc32)CC1. The number of hydrogen-bond acceptors (Lipinski definition) is 2. The summed E-state index contributed by atoms with van der Waals surface area (Å²) in [5.41, 5.74) is 6.66. The Kier molecular flexibility index (Phi) is 5.17. The lowest BCUT2D eigenvalue weighted by Gasteiger charge is -2.40. The van der Waals surface area contributed by atoms with Gasteiger partial charge in [-0.3, -0.25) is 9.80 Å². The van der Waals surface area contributed by atoms with Gasteiger partial charge < -0.3 is 0 Å². The molecule has 3 aromatic carbocycles. The molecule has 1 fully saturated rings. The van der Waals surface area contributed by atoms with Crippen molar-refractivity contribution in [2.45, 2.75) is 25.4 Å². The van der Waals surface area contributed by atoms with Crippen molar-refractivity contribution in [1.82, 2.24) is 9.80 Å². The number of benzene rings is 3. The molecule has 0 bridgehead atoms. The van der Waals surface area contributed by atoms with Crippen molar-refractivity contribution < 1.29 is 4.39 Å². The zero-order valence-electron chi connectivity index (χ0n) is 16.7. The van der Waals surface area contributed by atoms with Crippen molar-refractivity contribution in [3.8, 4) is 0 Å². The van der Waals surface area contributed by atoms with Crippen LogP contribution in [-0.4, -0.2) is 36.0 Å². The number of hydrogen-bond donors (Lipinski definition) is 0. The van der Waals surface area contributed by atoms with E-state index in [0.717, 1.165) is 44.6 Å². The van der Waals surface area contributed by atoms with Gasteiger partial charge in [0, 0.05) is 38.3 Å². The van der Waals surface area contributed by atoms with Gasteiger partial charge in [0.25, 0.3) is 0 Å². The van der Waals surface area contributed by atoms with Crippen LogP contribution in [0.25, 0.3) is 0 Å². The number of nitrogens with zero attached hydrogens (tertiary/aromatic N) is 2. The molecule has 0 unspecified atom stereocenters. The van der Waals surface area contributed by atoms with Crippen molar-refractivity contribution in [3.63, 3.8) is 0 Å². The zero-order valence-corrected chi connectivity index (χ0v) is 16.7. The van der Waals surface area contributed by atoms with Gasteiger partial charge in [-0.2, -0.15) is 0 Å². The number of halogens is 1. The molecule has 3 heteroatoms. The van der Waals surface area contributed by atoms with E-state index in [1.54, 1.807) is 12.1 Å². The van der Waals surface area contributed by atoms with Crippen LogP contribution < -0.4 is 0 Å². The first kappa shape index (κ1) is 18.5. The van der Waals surface area contributed by atoms with Gasteiger partial charge in [0.2, 0.25) is 0 Å². The molecule has 3 aromatic rings. The molecular formula is C26H27FN2. The van der Waals surface area contributed by atoms with Gasteiger partial charge in [-0.25, -0.2) is 4.39 Å². The van der Waals surface area contributed by atoms with Crippen LogP contribution in [0.15, 0.2) is 72.8 Å². The van der Waals surface area contributed by atoms with Gasteiger partial charge in [0.05, 0.1) is 6.04 Å². The fourth-order valence-corrected chi connectivity index (χ4v) is 4.93. The molecule has 1 heterocycles. The van der Waals surface area contributed by atoms with E-state index in [1.807, 2.05) is 12.1 Å². The van der Waals surface area contributed by atoms with E-state index in [4.69, 9.17) is 0 Å². The molecule has 148 valence electrons. The van der Waals surface area contributed by atoms with E-state index in [0.29, 0.717) is 12.6 Å². The molecule has 1 aliphatic carbocycles. The molecule has 1 saturated heterocycles. The van der Waals surface area contributed by atoms with Crippen LogP contribution >= 0.6 is 0 Å². The Morgan fingerprint density at radius 2 is 1.24 bits per heavy atom. The number of aryl methyl sites for hydroxylation is 2. The molecular weight excluding hydrogens is 359 g/mol. The molecule has 0 radical (unpaired) electrons. The third kappa shape index (κ3) is 3.73. The lowest BCUT2D eigenvalue weighted by Crippen LogP contribution is -2.47. The Labute approximate surface area is 172 Å². The van der Waals surface area contributed by atoms with Crippen LogP contribution in [0.2, 0.25) is 0 Å². The summed E-state index contributed by atoms with van der Waals surface area (Å²) in [4.78, 5) is 5.00. The van der Waals surface area contributed by atoms with E-state index < -0.39 is 0 Å². The lowest BCUT2D eigenvalue weighted by molar-refractivity contribution is 0.104. The van der Waals surface area contributed by atoms with Gasteiger partial charge in [-0.1, -0.05) is 66.7 Å². The van der Waals surface area contributed by atoms with Gasteiger partial charge in [-0.15, -0.1) is 0 Å². The second kappa shape index (κ2) is 8.10. The van der Waals surface area contributed by atoms with Crippen molar-refractivity contribution in [2.24, 2.45) is 0 Å². The number of fused-ring (bicyclic) bond motifs is 2. The Bertz CT molecular complexity index is 944. The van der Waals surface area contributed by atoms with E-state index in [9.17, 15) is 4.39 Å². The van der Waals surface area contributed by atoms with E-state index in [1.165, 1.54) is 22.3 Å². The molecule has 2 aliphatic rings. The summed E-state index contributed by atoms with van der Waals surface area (Å²) >= 11 is 0. The van der Waals surface area contributed by atoms with Crippen LogP contribution in [0.4, 0.5) is 4.39 Å². The Morgan fingerprint density at radius 1 is 0.690 bits per heavy atom. The van der Waals surface area contributed by atoms with Crippen LogP contribution in [0.1, 0.15) is 33.9 Å². The Morgan fingerprint density at radius 3 is 1.86 bits per heavy atom. The second-order valence-corrected chi connectivity index (χ2v) is 8.20. The molecule has 0 spiro atoms. The van der Waals surface area contributed by atoms with E-state index in [2.05, 4.69) is 58.3 Å².